The number of ether oxygens (including phenoxy) is 1. The first-order chi connectivity index (χ1) is 9.40. The summed E-state index contributed by atoms with van der Waals surface area (Å²) in [5, 5.41) is 11.0. The molecule has 0 saturated carbocycles. The summed E-state index contributed by atoms with van der Waals surface area (Å²) < 4.78 is 18.7. The molecule has 4 N–H and O–H groups in total. The Hall–Kier alpha value is -2.15. The third kappa shape index (κ3) is 3.67. The molecule has 1 atom stereocenters. The number of aryl methyl sites for hydroxylation is 1. The van der Waals surface area contributed by atoms with Gasteiger partial charge in [-0.3, -0.25) is 9.59 Å². The minimum absolute atomic E-state index is 0.0951. The van der Waals surface area contributed by atoms with E-state index in [9.17, 15) is 14.0 Å². The van der Waals surface area contributed by atoms with Crippen LogP contribution in [0.1, 0.15) is 22.8 Å². The van der Waals surface area contributed by atoms with Gasteiger partial charge in [-0.05, 0) is 24.1 Å². The fraction of sp³-hybridized carbons (Fsp3) is 0.385. The van der Waals surface area contributed by atoms with Crippen LogP contribution >= 0.6 is 0 Å². The molecule has 110 valence electrons. The average Bonchev–Trinajstić information content (AvgIpc) is 2.42. The number of nitrogens with two attached hydrogens (primary N) is 1. The van der Waals surface area contributed by atoms with Crippen molar-refractivity contribution in [3.8, 4) is 5.75 Å². The molecule has 0 radical (unpaired) electrons. The van der Waals surface area contributed by atoms with Crippen molar-refractivity contribution in [2.24, 2.45) is 5.73 Å². The monoisotopic (exact) mass is 284 g/mol. The molecule has 1 aromatic rings. The Morgan fingerprint density at radius 2 is 2.15 bits per heavy atom. The van der Waals surface area contributed by atoms with Crippen LogP contribution in [0.15, 0.2) is 12.1 Å². The molecule has 20 heavy (non-hydrogen) atoms. The molecule has 1 amide bonds. The number of halogens is 1. The van der Waals surface area contributed by atoms with Crippen molar-refractivity contribution in [1.29, 1.82) is 0 Å². The van der Waals surface area contributed by atoms with Crippen molar-refractivity contribution in [3.63, 3.8) is 0 Å². The minimum atomic E-state index is -1.22. The highest BCUT2D eigenvalue weighted by Crippen LogP contribution is 2.24. The maximum atomic E-state index is 13.8. The number of hydrogen-bond acceptors (Lipinski definition) is 4. The van der Waals surface area contributed by atoms with Gasteiger partial charge in [0, 0.05) is 12.1 Å². The first kappa shape index (κ1) is 15.9. The zero-order valence-electron chi connectivity index (χ0n) is 11.3. The van der Waals surface area contributed by atoms with Gasteiger partial charge in [0.2, 0.25) is 0 Å². The van der Waals surface area contributed by atoms with Gasteiger partial charge in [0.25, 0.3) is 5.91 Å². The molecule has 0 aliphatic carbocycles. The van der Waals surface area contributed by atoms with Crippen LogP contribution in [0.2, 0.25) is 0 Å². The molecule has 7 heteroatoms. The van der Waals surface area contributed by atoms with E-state index < -0.39 is 23.7 Å². The second-order valence-corrected chi connectivity index (χ2v) is 4.16. The fourth-order valence-electron chi connectivity index (χ4n) is 1.66. The zero-order valence-corrected chi connectivity index (χ0v) is 11.3. The number of carboxylic acids is 1. The van der Waals surface area contributed by atoms with Gasteiger partial charge in [0.05, 0.1) is 7.11 Å². The standard InChI is InChI=1S/C13H17FN2O4/c1-3-7-4-8(5-9(14)11(7)20-2)12(17)16-6-10(15)13(18)19/h4-5,10H,3,6,15H2,1-2H3,(H,16,17)(H,18,19). The molecule has 1 rings (SSSR count). The highest BCUT2D eigenvalue weighted by atomic mass is 19.1. The Balaban J connectivity index is 2.89. The van der Waals surface area contributed by atoms with Gasteiger partial charge in [-0.25, -0.2) is 4.39 Å². The Morgan fingerprint density at radius 3 is 2.65 bits per heavy atom. The molecule has 1 aromatic carbocycles. The third-order valence-corrected chi connectivity index (χ3v) is 2.77. The highest BCUT2D eigenvalue weighted by Gasteiger charge is 2.17. The van der Waals surface area contributed by atoms with Crippen LogP contribution in [-0.2, 0) is 11.2 Å². The summed E-state index contributed by atoms with van der Waals surface area (Å²) in [4.78, 5) is 22.4. The van der Waals surface area contributed by atoms with E-state index in [0.29, 0.717) is 12.0 Å². The fourth-order valence-corrected chi connectivity index (χ4v) is 1.66. The number of rotatable bonds is 6. The SMILES string of the molecule is CCc1cc(C(=O)NCC(N)C(=O)O)cc(F)c1OC. The Bertz CT molecular complexity index is 519. The smallest absolute Gasteiger partial charge is 0.322 e. The summed E-state index contributed by atoms with van der Waals surface area (Å²) >= 11 is 0. The van der Waals surface area contributed by atoms with Crippen LogP contribution in [0, 0.1) is 5.82 Å². The maximum Gasteiger partial charge on any atom is 0.322 e. The van der Waals surface area contributed by atoms with E-state index in [-0.39, 0.29) is 17.9 Å². The normalized spacial score (nSPS) is 11.8. The second-order valence-electron chi connectivity index (χ2n) is 4.16. The van der Waals surface area contributed by atoms with Crippen LogP contribution < -0.4 is 15.8 Å². The zero-order chi connectivity index (χ0) is 15.3. The van der Waals surface area contributed by atoms with Gasteiger partial charge in [0.1, 0.15) is 6.04 Å². The number of methoxy groups -OCH3 is 1. The lowest BCUT2D eigenvalue weighted by Gasteiger charge is -2.12. The van der Waals surface area contributed by atoms with Crippen LogP contribution in [0.4, 0.5) is 4.39 Å². The summed E-state index contributed by atoms with van der Waals surface area (Å²) in [6, 6.07) is 1.34. The molecule has 0 spiro atoms. The van der Waals surface area contributed by atoms with Gasteiger partial charge in [-0.1, -0.05) is 6.92 Å². The van der Waals surface area contributed by atoms with Crippen LogP contribution in [0.25, 0.3) is 0 Å². The molecule has 0 aromatic heterocycles. The summed E-state index contributed by atoms with van der Waals surface area (Å²) in [5.41, 5.74) is 5.92. The van der Waals surface area contributed by atoms with Crippen LogP contribution in [0.3, 0.4) is 0 Å². The number of carbonyl (C=O) groups is 2. The maximum absolute atomic E-state index is 13.8. The van der Waals surface area contributed by atoms with Crippen molar-refractivity contribution in [2.45, 2.75) is 19.4 Å². The summed E-state index contributed by atoms with van der Waals surface area (Å²) in [7, 11) is 1.35. The van der Waals surface area contributed by atoms with E-state index in [2.05, 4.69) is 5.32 Å². The predicted molar refractivity (Wildman–Crippen MR) is 70.3 cm³/mol. The number of carboxylic acid groups (broad SMARTS) is 1. The molecular weight excluding hydrogens is 267 g/mol. The number of benzene rings is 1. The van der Waals surface area contributed by atoms with Gasteiger partial charge in [0.15, 0.2) is 11.6 Å². The van der Waals surface area contributed by atoms with Crippen molar-refractivity contribution in [2.75, 3.05) is 13.7 Å². The lowest BCUT2D eigenvalue weighted by Crippen LogP contribution is -2.42. The van der Waals surface area contributed by atoms with Crippen LogP contribution in [0.5, 0.6) is 5.75 Å². The van der Waals surface area contributed by atoms with E-state index in [4.69, 9.17) is 15.6 Å². The molecule has 0 saturated heterocycles. The number of amides is 1. The van der Waals surface area contributed by atoms with E-state index in [1.165, 1.54) is 13.2 Å². The summed E-state index contributed by atoms with van der Waals surface area (Å²) in [5.74, 6) is -2.34. The van der Waals surface area contributed by atoms with Gasteiger partial charge >= 0.3 is 5.97 Å². The minimum Gasteiger partial charge on any atom is -0.493 e. The van der Waals surface area contributed by atoms with Gasteiger partial charge in [-0.2, -0.15) is 0 Å². The van der Waals surface area contributed by atoms with E-state index in [1.54, 1.807) is 6.92 Å². The topological polar surface area (TPSA) is 102 Å². The molecule has 1 unspecified atom stereocenters. The van der Waals surface area contributed by atoms with Crippen molar-refractivity contribution in [3.05, 3.63) is 29.1 Å². The second kappa shape index (κ2) is 6.85. The molecule has 0 aliphatic rings. The van der Waals surface area contributed by atoms with Crippen molar-refractivity contribution in [1.82, 2.24) is 5.32 Å². The quantitative estimate of drug-likeness (QED) is 0.707. The Labute approximate surface area is 115 Å². The van der Waals surface area contributed by atoms with Gasteiger partial charge < -0.3 is 20.9 Å². The predicted octanol–water partition coefficient (Wildman–Crippen LogP) is 0.538. The van der Waals surface area contributed by atoms with Gasteiger partial charge in [-0.15, -0.1) is 0 Å². The molecule has 0 aliphatic heterocycles. The summed E-state index contributed by atoms with van der Waals surface area (Å²) in [6.07, 6.45) is 0.496. The average molecular weight is 284 g/mol. The Kier molecular flexibility index (Phi) is 5.45. The lowest BCUT2D eigenvalue weighted by atomic mass is 10.1. The molecule has 0 bridgehead atoms. The number of carbonyl (C=O) groups excluding carboxylic acids is 1. The highest BCUT2D eigenvalue weighted by molar-refractivity contribution is 5.95. The number of hydrogen-bond donors (Lipinski definition) is 3. The molecule has 0 fully saturated rings. The number of nitrogens with one attached hydrogen (secondary N) is 1. The first-order valence-corrected chi connectivity index (χ1v) is 6.03. The van der Waals surface area contributed by atoms with E-state index in [1.807, 2.05) is 0 Å². The summed E-state index contributed by atoms with van der Waals surface area (Å²) in [6.45, 7) is 1.57. The van der Waals surface area contributed by atoms with Crippen LogP contribution in [-0.4, -0.2) is 36.7 Å². The third-order valence-electron chi connectivity index (χ3n) is 2.77. The first-order valence-electron chi connectivity index (χ1n) is 6.03. The van der Waals surface area contributed by atoms with E-state index >= 15 is 0 Å². The largest absolute Gasteiger partial charge is 0.493 e. The van der Waals surface area contributed by atoms with E-state index in [0.717, 1.165) is 6.07 Å². The molecule has 6 nitrogen and oxygen atoms in total. The van der Waals surface area contributed by atoms with Crippen molar-refractivity contribution >= 4 is 11.9 Å². The lowest BCUT2D eigenvalue weighted by molar-refractivity contribution is -0.138. The Morgan fingerprint density at radius 1 is 1.50 bits per heavy atom. The number of aliphatic carboxylic acids is 1. The molecular formula is C13H17FN2O4. The van der Waals surface area contributed by atoms with Crippen molar-refractivity contribution < 1.29 is 23.8 Å². The molecule has 0 heterocycles.